The SMILES string of the molecule is COc1cc([C@H]2C3=CC[C@@H]4C(=O)N(CCC(=O)O)C(=O)[C@@H]4[C@@H]3CC3=C2C(=O)C=C(Br)C3=O)cc(OC)c1O. The number of amides is 2. The lowest BCUT2D eigenvalue weighted by Crippen LogP contribution is -2.39. The highest BCUT2D eigenvalue weighted by Crippen LogP contribution is 2.56. The molecule has 10 nitrogen and oxygen atoms in total. The van der Waals surface area contributed by atoms with Gasteiger partial charge < -0.3 is 19.7 Å². The van der Waals surface area contributed by atoms with Crippen LogP contribution in [0.5, 0.6) is 17.2 Å². The van der Waals surface area contributed by atoms with E-state index in [2.05, 4.69) is 15.9 Å². The van der Waals surface area contributed by atoms with Gasteiger partial charge >= 0.3 is 5.97 Å². The molecule has 3 aliphatic carbocycles. The summed E-state index contributed by atoms with van der Waals surface area (Å²) in [5.41, 5.74) is 1.76. The molecule has 1 heterocycles. The molecule has 0 radical (unpaired) electrons. The van der Waals surface area contributed by atoms with E-state index in [4.69, 9.17) is 14.6 Å². The number of aliphatic carboxylic acids is 1. The lowest BCUT2D eigenvalue weighted by atomic mass is 9.59. The number of aromatic hydroxyl groups is 1. The molecule has 0 aromatic heterocycles. The summed E-state index contributed by atoms with van der Waals surface area (Å²) in [6.07, 6.45) is 3.04. The maximum absolute atomic E-state index is 13.5. The van der Waals surface area contributed by atoms with Gasteiger partial charge in [-0.2, -0.15) is 0 Å². The minimum absolute atomic E-state index is 0.0878. The number of hydrogen-bond acceptors (Lipinski definition) is 8. The van der Waals surface area contributed by atoms with Crippen LogP contribution in [0.25, 0.3) is 0 Å². The van der Waals surface area contributed by atoms with E-state index in [1.54, 1.807) is 12.1 Å². The topological polar surface area (TPSA) is 148 Å². The van der Waals surface area contributed by atoms with Crippen molar-refractivity contribution >= 4 is 45.3 Å². The van der Waals surface area contributed by atoms with Crippen molar-refractivity contribution < 1.29 is 43.7 Å². The van der Waals surface area contributed by atoms with Gasteiger partial charge in [-0.1, -0.05) is 11.6 Å². The van der Waals surface area contributed by atoms with E-state index < -0.39 is 41.5 Å². The number of carboxylic acid groups (broad SMARTS) is 1. The molecule has 1 aromatic rings. The fourth-order valence-corrected chi connectivity index (χ4v) is 6.61. The molecule has 1 fully saturated rings. The number of nitrogens with zero attached hydrogens (tertiary/aromatic N) is 1. The van der Waals surface area contributed by atoms with Crippen LogP contribution < -0.4 is 9.47 Å². The molecule has 2 amide bonds. The van der Waals surface area contributed by atoms with Crippen LogP contribution in [0.2, 0.25) is 0 Å². The van der Waals surface area contributed by atoms with Crippen molar-refractivity contribution in [2.75, 3.05) is 20.8 Å². The van der Waals surface area contributed by atoms with E-state index in [1.807, 2.05) is 6.08 Å². The molecule has 198 valence electrons. The second kappa shape index (κ2) is 9.54. The molecule has 1 aliphatic heterocycles. The number of halogens is 1. The van der Waals surface area contributed by atoms with E-state index in [9.17, 15) is 29.1 Å². The number of phenols is 1. The summed E-state index contributed by atoms with van der Waals surface area (Å²) >= 11 is 3.18. The Kier molecular flexibility index (Phi) is 6.50. The van der Waals surface area contributed by atoms with E-state index >= 15 is 0 Å². The summed E-state index contributed by atoms with van der Waals surface area (Å²) in [7, 11) is 2.75. The van der Waals surface area contributed by atoms with E-state index in [0.29, 0.717) is 11.1 Å². The Hall–Kier alpha value is -3.73. The number of phenolic OH excluding ortho intramolecular Hbond substituents is 1. The van der Waals surface area contributed by atoms with Gasteiger partial charge in [0.2, 0.25) is 17.6 Å². The first-order valence-electron chi connectivity index (χ1n) is 12.0. The van der Waals surface area contributed by atoms with Crippen molar-refractivity contribution in [1.29, 1.82) is 0 Å². The molecule has 11 heteroatoms. The van der Waals surface area contributed by atoms with Gasteiger partial charge in [0.25, 0.3) is 0 Å². The third-order valence-electron chi connectivity index (χ3n) is 7.81. The standard InChI is InChI=1S/C27H24BrNO9/c1-37-18-7-11(8-19(38-2)25(18)34)21-12-3-4-13-22(27(36)29(26(13)35)6-5-20(31)32)14(12)9-15-23(21)17(30)10-16(28)24(15)33/h3,7-8,10,13-14,21-22,34H,4-6,9H2,1-2H3,(H,31,32)/t13-,14+,21-,22-/m0/s1. The highest BCUT2D eigenvalue weighted by atomic mass is 79.9. The van der Waals surface area contributed by atoms with E-state index in [1.165, 1.54) is 20.3 Å². The number of fused-ring (bicyclic) bond motifs is 3. The van der Waals surface area contributed by atoms with Crippen LogP contribution >= 0.6 is 15.9 Å². The maximum Gasteiger partial charge on any atom is 0.305 e. The summed E-state index contributed by atoms with van der Waals surface area (Å²) < 4.78 is 10.8. The number of likely N-dealkylation sites (tertiary alicyclic amines) is 1. The number of carboxylic acids is 1. The van der Waals surface area contributed by atoms with Gasteiger partial charge in [0, 0.05) is 29.7 Å². The van der Waals surface area contributed by atoms with Crippen molar-refractivity contribution in [3.63, 3.8) is 0 Å². The van der Waals surface area contributed by atoms with Crippen LogP contribution in [0.1, 0.15) is 30.7 Å². The summed E-state index contributed by atoms with van der Waals surface area (Å²) in [4.78, 5) is 65.3. The quantitative estimate of drug-likeness (QED) is 0.292. The van der Waals surface area contributed by atoms with Gasteiger partial charge in [-0.15, -0.1) is 0 Å². The number of hydrogen-bond donors (Lipinski definition) is 2. The molecule has 38 heavy (non-hydrogen) atoms. The summed E-state index contributed by atoms with van der Waals surface area (Å²) in [6, 6.07) is 3.13. The zero-order chi connectivity index (χ0) is 27.5. The maximum atomic E-state index is 13.5. The van der Waals surface area contributed by atoms with E-state index in [-0.39, 0.29) is 70.3 Å². The first-order valence-corrected chi connectivity index (χ1v) is 12.8. The van der Waals surface area contributed by atoms with Gasteiger partial charge in [0.1, 0.15) is 0 Å². The first kappa shape index (κ1) is 25.9. The van der Waals surface area contributed by atoms with Crippen molar-refractivity contribution in [1.82, 2.24) is 4.90 Å². The normalized spacial score (nSPS) is 26.4. The van der Waals surface area contributed by atoms with Gasteiger partial charge in [-0.25, -0.2) is 0 Å². The molecule has 1 aromatic carbocycles. The number of allylic oxidation sites excluding steroid dienone is 6. The fourth-order valence-electron chi connectivity index (χ4n) is 6.16. The number of rotatable bonds is 6. The van der Waals surface area contributed by atoms with Gasteiger partial charge in [-0.05, 0) is 52.4 Å². The lowest BCUT2D eigenvalue weighted by Gasteiger charge is -2.42. The zero-order valence-electron chi connectivity index (χ0n) is 20.5. The highest BCUT2D eigenvalue weighted by Gasteiger charge is 2.56. The van der Waals surface area contributed by atoms with Crippen molar-refractivity contribution in [2.24, 2.45) is 17.8 Å². The van der Waals surface area contributed by atoms with Crippen LogP contribution in [0.4, 0.5) is 0 Å². The summed E-state index contributed by atoms with van der Waals surface area (Å²) in [5.74, 6) is -5.54. The van der Waals surface area contributed by atoms with E-state index in [0.717, 1.165) is 4.90 Å². The van der Waals surface area contributed by atoms with Gasteiger partial charge in [0.05, 0.1) is 37.0 Å². The highest BCUT2D eigenvalue weighted by molar-refractivity contribution is 9.12. The number of benzene rings is 1. The van der Waals surface area contributed by atoms with Crippen molar-refractivity contribution in [3.05, 3.63) is 51.0 Å². The average molecular weight is 586 g/mol. The molecule has 0 spiro atoms. The molecule has 1 saturated heterocycles. The van der Waals surface area contributed by atoms with Crippen LogP contribution in [-0.2, 0) is 24.0 Å². The monoisotopic (exact) mass is 585 g/mol. The molecular formula is C27H24BrNO9. The Morgan fingerprint density at radius 1 is 1.08 bits per heavy atom. The summed E-state index contributed by atoms with van der Waals surface area (Å²) in [5, 5.41) is 19.6. The van der Waals surface area contributed by atoms with Crippen LogP contribution in [0.3, 0.4) is 0 Å². The number of carbonyl (C=O) groups is 5. The predicted molar refractivity (Wildman–Crippen MR) is 135 cm³/mol. The second-order valence-electron chi connectivity index (χ2n) is 9.64. The molecule has 5 rings (SSSR count). The third kappa shape index (κ3) is 3.87. The molecule has 0 saturated carbocycles. The smallest absolute Gasteiger partial charge is 0.305 e. The Morgan fingerprint density at radius 3 is 2.34 bits per heavy atom. The second-order valence-corrected chi connectivity index (χ2v) is 10.5. The van der Waals surface area contributed by atoms with Crippen LogP contribution in [-0.4, -0.2) is 65.2 Å². The minimum Gasteiger partial charge on any atom is -0.502 e. The number of carbonyl (C=O) groups excluding carboxylic acids is 4. The lowest BCUT2D eigenvalue weighted by molar-refractivity contribution is -0.142. The number of ketones is 2. The minimum atomic E-state index is -1.12. The molecule has 0 unspecified atom stereocenters. The molecule has 4 atom stereocenters. The number of imide groups is 1. The molecule has 0 bridgehead atoms. The number of Topliss-reactive ketones (excluding diaryl/α,β-unsaturated/α-hetero) is 1. The van der Waals surface area contributed by atoms with Gasteiger partial charge in [0.15, 0.2) is 23.1 Å². The van der Waals surface area contributed by atoms with Gasteiger partial charge in [-0.3, -0.25) is 28.9 Å². The largest absolute Gasteiger partial charge is 0.502 e. The van der Waals surface area contributed by atoms with Crippen molar-refractivity contribution in [2.45, 2.75) is 25.2 Å². The Bertz CT molecular complexity index is 1380. The third-order valence-corrected chi connectivity index (χ3v) is 8.40. The summed E-state index contributed by atoms with van der Waals surface area (Å²) in [6.45, 7) is -0.225. The zero-order valence-corrected chi connectivity index (χ0v) is 22.1. The van der Waals surface area contributed by atoms with Crippen LogP contribution in [0.15, 0.2) is 45.5 Å². The first-order chi connectivity index (χ1) is 18.1. The number of ether oxygens (including phenoxy) is 2. The van der Waals surface area contributed by atoms with Crippen LogP contribution in [0, 0.1) is 17.8 Å². The fraction of sp³-hybridized carbons (Fsp3) is 0.370. The Balaban J connectivity index is 1.66. The Morgan fingerprint density at radius 2 is 1.74 bits per heavy atom. The molecular weight excluding hydrogens is 562 g/mol. The number of methoxy groups -OCH3 is 2. The van der Waals surface area contributed by atoms with Crippen molar-refractivity contribution in [3.8, 4) is 17.2 Å². The molecule has 4 aliphatic rings. The average Bonchev–Trinajstić information content (AvgIpc) is 3.14. The predicted octanol–water partition coefficient (Wildman–Crippen LogP) is 2.65. The Labute approximate surface area is 225 Å². The molecule has 2 N–H and O–H groups in total.